The number of rotatable bonds is 2. The van der Waals surface area contributed by atoms with E-state index in [9.17, 15) is 9.50 Å². The fraction of sp³-hybridized carbons (Fsp3) is 0.333. The van der Waals surface area contributed by atoms with Gasteiger partial charge in [-0.05, 0) is 37.6 Å². The van der Waals surface area contributed by atoms with Crippen LogP contribution in [-0.4, -0.2) is 16.2 Å². The number of hydrogen-bond acceptors (Lipinski definition) is 2. The minimum Gasteiger partial charge on any atom is -0.504 e. The molecule has 0 unspecified atom stereocenters. The van der Waals surface area contributed by atoms with Gasteiger partial charge in [-0.25, -0.2) is 4.39 Å². The van der Waals surface area contributed by atoms with Gasteiger partial charge in [-0.1, -0.05) is 0 Å². The summed E-state index contributed by atoms with van der Waals surface area (Å²) in [6, 6.07) is 2.96. The summed E-state index contributed by atoms with van der Waals surface area (Å²) < 4.78 is 15.3. The van der Waals surface area contributed by atoms with Crippen molar-refractivity contribution < 1.29 is 9.50 Å². The SMILES string of the molecule is Cc1c(CCN)c2c(O)c(F)ccc2n1C. The number of benzene rings is 1. The van der Waals surface area contributed by atoms with E-state index in [1.807, 2.05) is 18.5 Å². The molecule has 0 bridgehead atoms. The average molecular weight is 222 g/mol. The van der Waals surface area contributed by atoms with Gasteiger partial charge in [0.1, 0.15) is 0 Å². The van der Waals surface area contributed by atoms with Crippen LogP contribution in [0.25, 0.3) is 10.9 Å². The highest BCUT2D eigenvalue weighted by molar-refractivity contribution is 5.91. The highest BCUT2D eigenvalue weighted by Gasteiger charge is 2.16. The molecule has 0 fully saturated rings. The molecule has 1 heterocycles. The average Bonchev–Trinajstić information content (AvgIpc) is 2.50. The molecule has 1 aromatic heterocycles. The van der Waals surface area contributed by atoms with Gasteiger partial charge in [-0.2, -0.15) is 0 Å². The number of phenols is 1. The number of nitrogens with two attached hydrogens (primary N) is 1. The molecule has 0 amide bonds. The van der Waals surface area contributed by atoms with Gasteiger partial charge < -0.3 is 15.4 Å². The number of halogens is 1. The molecule has 3 N–H and O–H groups in total. The Hall–Kier alpha value is -1.55. The fourth-order valence-electron chi connectivity index (χ4n) is 2.15. The van der Waals surface area contributed by atoms with Crippen LogP contribution in [-0.2, 0) is 13.5 Å². The van der Waals surface area contributed by atoms with Crippen molar-refractivity contribution in [1.29, 1.82) is 0 Å². The van der Waals surface area contributed by atoms with E-state index in [1.165, 1.54) is 6.07 Å². The summed E-state index contributed by atoms with van der Waals surface area (Å²) in [7, 11) is 1.90. The molecule has 16 heavy (non-hydrogen) atoms. The molecule has 0 aliphatic heterocycles. The molecule has 0 spiro atoms. The topological polar surface area (TPSA) is 51.2 Å². The first-order valence-corrected chi connectivity index (χ1v) is 5.23. The first-order valence-electron chi connectivity index (χ1n) is 5.23. The molecule has 1 aromatic carbocycles. The predicted octanol–water partition coefficient (Wildman–Crippen LogP) is 1.83. The lowest BCUT2D eigenvalue weighted by Crippen LogP contribution is -2.04. The van der Waals surface area contributed by atoms with Gasteiger partial charge in [0.15, 0.2) is 11.6 Å². The van der Waals surface area contributed by atoms with E-state index in [2.05, 4.69) is 0 Å². The predicted molar refractivity (Wildman–Crippen MR) is 62.0 cm³/mol. The maximum atomic E-state index is 13.3. The van der Waals surface area contributed by atoms with E-state index in [0.29, 0.717) is 18.4 Å². The number of fused-ring (bicyclic) bond motifs is 1. The Morgan fingerprint density at radius 2 is 2.12 bits per heavy atom. The fourth-order valence-corrected chi connectivity index (χ4v) is 2.15. The number of aromatic nitrogens is 1. The highest BCUT2D eigenvalue weighted by Crippen LogP contribution is 2.34. The quantitative estimate of drug-likeness (QED) is 0.814. The summed E-state index contributed by atoms with van der Waals surface area (Å²) in [6.45, 7) is 2.43. The molecule has 0 saturated heterocycles. The summed E-state index contributed by atoms with van der Waals surface area (Å²) in [5.41, 5.74) is 8.31. The zero-order valence-corrected chi connectivity index (χ0v) is 9.42. The molecule has 0 atom stereocenters. The van der Waals surface area contributed by atoms with Crippen LogP contribution in [0.2, 0.25) is 0 Å². The van der Waals surface area contributed by atoms with Gasteiger partial charge in [0.25, 0.3) is 0 Å². The van der Waals surface area contributed by atoms with E-state index in [4.69, 9.17) is 5.73 Å². The lowest BCUT2D eigenvalue weighted by Gasteiger charge is -2.01. The Labute approximate surface area is 93.3 Å². The van der Waals surface area contributed by atoms with Gasteiger partial charge >= 0.3 is 0 Å². The van der Waals surface area contributed by atoms with Crippen molar-refractivity contribution >= 4 is 10.9 Å². The van der Waals surface area contributed by atoms with E-state index < -0.39 is 5.82 Å². The molecule has 0 aliphatic carbocycles. The summed E-state index contributed by atoms with van der Waals surface area (Å²) in [6.07, 6.45) is 0.639. The maximum Gasteiger partial charge on any atom is 0.165 e. The normalized spacial score (nSPS) is 11.2. The van der Waals surface area contributed by atoms with E-state index in [-0.39, 0.29) is 5.75 Å². The van der Waals surface area contributed by atoms with Gasteiger partial charge in [0.2, 0.25) is 0 Å². The first kappa shape index (κ1) is 11.0. The molecule has 3 nitrogen and oxygen atoms in total. The summed E-state index contributed by atoms with van der Waals surface area (Å²) in [5.74, 6) is -0.860. The van der Waals surface area contributed by atoms with Crippen molar-refractivity contribution in [3.05, 3.63) is 29.2 Å². The molecule has 0 aliphatic rings. The van der Waals surface area contributed by atoms with Crippen molar-refractivity contribution in [3.8, 4) is 5.75 Å². The van der Waals surface area contributed by atoms with Crippen LogP contribution in [0.5, 0.6) is 5.75 Å². The molecule has 0 radical (unpaired) electrons. The van der Waals surface area contributed by atoms with Crippen molar-refractivity contribution in [2.24, 2.45) is 12.8 Å². The van der Waals surface area contributed by atoms with Crippen LogP contribution in [0.4, 0.5) is 4.39 Å². The van der Waals surface area contributed by atoms with Gasteiger partial charge in [0, 0.05) is 18.1 Å². The Morgan fingerprint density at radius 1 is 1.44 bits per heavy atom. The van der Waals surface area contributed by atoms with Crippen molar-refractivity contribution in [2.75, 3.05) is 6.54 Å². The van der Waals surface area contributed by atoms with Gasteiger partial charge in [-0.3, -0.25) is 0 Å². The number of aromatic hydroxyl groups is 1. The monoisotopic (exact) mass is 222 g/mol. The molecular formula is C12H15FN2O. The largest absolute Gasteiger partial charge is 0.504 e. The van der Waals surface area contributed by atoms with Crippen LogP contribution in [0.3, 0.4) is 0 Å². The van der Waals surface area contributed by atoms with Gasteiger partial charge in [0.05, 0.1) is 5.52 Å². The van der Waals surface area contributed by atoms with E-state index in [1.54, 1.807) is 6.07 Å². The summed E-state index contributed by atoms with van der Waals surface area (Å²) >= 11 is 0. The molecule has 2 rings (SSSR count). The number of nitrogens with zero attached hydrogens (tertiary/aromatic N) is 1. The van der Waals surface area contributed by atoms with Gasteiger partial charge in [-0.15, -0.1) is 0 Å². The molecule has 4 heteroatoms. The van der Waals surface area contributed by atoms with Crippen LogP contribution in [0, 0.1) is 12.7 Å². The Morgan fingerprint density at radius 3 is 2.75 bits per heavy atom. The molecule has 86 valence electrons. The standard InChI is InChI=1S/C12H15FN2O/c1-7-8(5-6-14)11-10(15(7)2)4-3-9(13)12(11)16/h3-4,16H,5-6,14H2,1-2H3. The molecular weight excluding hydrogens is 207 g/mol. The lowest BCUT2D eigenvalue weighted by atomic mass is 10.1. The number of hydrogen-bond donors (Lipinski definition) is 2. The Bertz CT molecular complexity index is 546. The van der Waals surface area contributed by atoms with Crippen LogP contribution in [0.15, 0.2) is 12.1 Å². The minimum atomic E-state index is -0.587. The third-order valence-corrected chi connectivity index (χ3v) is 3.10. The third-order valence-electron chi connectivity index (χ3n) is 3.10. The minimum absolute atomic E-state index is 0.273. The molecule has 0 saturated carbocycles. The Kier molecular flexibility index (Phi) is 2.59. The van der Waals surface area contributed by atoms with E-state index in [0.717, 1.165) is 16.8 Å². The van der Waals surface area contributed by atoms with Crippen molar-refractivity contribution in [1.82, 2.24) is 4.57 Å². The summed E-state index contributed by atoms with van der Waals surface area (Å²) in [5, 5.41) is 10.4. The van der Waals surface area contributed by atoms with Crippen LogP contribution < -0.4 is 5.73 Å². The highest BCUT2D eigenvalue weighted by atomic mass is 19.1. The second-order valence-corrected chi connectivity index (χ2v) is 3.95. The first-order chi connectivity index (χ1) is 7.57. The second kappa shape index (κ2) is 3.79. The van der Waals surface area contributed by atoms with Crippen LogP contribution in [0.1, 0.15) is 11.3 Å². The zero-order chi connectivity index (χ0) is 11.9. The summed E-state index contributed by atoms with van der Waals surface area (Å²) in [4.78, 5) is 0. The zero-order valence-electron chi connectivity index (χ0n) is 9.42. The van der Waals surface area contributed by atoms with Crippen molar-refractivity contribution in [2.45, 2.75) is 13.3 Å². The smallest absolute Gasteiger partial charge is 0.165 e. The van der Waals surface area contributed by atoms with E-state index >= 15 is 0 Å². The number of aryl methyl sites for hydroxylation is 1. The Balaban J connectivity index is 2.86. The second-order valence-electron chi connectivity index (χ2n) is 3.95. The van der Waals surface area contributed by atoms with Crippen molar-refractivity contribution in [3.63, 3.8) is 0 Å². The third kappa shape index (κ3) is 1.38. The number of phenolic OH excluding ortho intramolecular Hbond substituents is 1. The lowest BCUT2D eigenvalue weighted by molar-refractivity contribution is 0.438. The van der Waals surface area contributed by atoms with Crippen LogP contribution >= 0.6 is 0 Å². The molecule has 2 aromatic rings. The maximum absolute atomic E-state index is 13.3.